The zero-order chi connectivity index (χ0) is 9.68. The normalized spacial score (nSPS) is 28.9. The minimum Gasteiger partial charge on any atom is -0.327 e. The van der Waals surface area contributed by atoms with E-state index in [1.54, 1.807) is 0 Å². The summed E-state index contributed by atoms with van der Waals surface area (Å²) in [6.07, 6.45) is 10.1. The summed E-state index contributed by atoms with van der Waals surface area (Å²) in [4.78, 5) is 11.2. The summed E-state index contributed by atoms with van der Waals surface area (Å²) in [6.45, 7) is 0. The van der Waals surface area contributed by atoms with E-state index in [0.29, 0.717) is 0 Å². The Balaban J connectivity index is 2.31. The van der Waals surface area contributed by atoms with Crippen molar-refractivity contribution in [1.82, 2.24) is 0 Å². The Morgan fingerprint density at radius 3 is 2.54 bits per heavy atom. The van der Waals surface area contributed by atoms with E-state index >= 15 is 0 Å². The molecule has 1 unspecified atom stereocenters. The summed E-state index contributed by atoms with van der Waals surface area (Å²) in [5.41, 5.74) is 6.25. The summed E-state index contributed by atoms with van der Waals surface area (Å²) >= 11 is 0. The smallest absolute Gasteiger partial charge is 0.208 e. The number of rotatable bonds is 3. The standard InChI is InChI=1S/C10H16NOP/c1-2-10(12)8-3-5-9(6-4-8)13-7-11/h1,8-9,13H,3-7,11H2. The van der Waals surface area contributed by atoms with Crippen LogP contribution in [0, 0.1) is 18.3 Å². The summed E-state index contributed by atoms with van der Waals surface area (Å²) < 4.78 is 0. The molecule has 1 aliphatic rings. The maximum Gasteiger partial charge on any atom is 0.208 e. The average molecular weight is 197 g/mol. The molecule has 0 aliphatic heterocycles. The van der Waals surface area contributed by atoms with Gasteiger partial charge in [0.1, 0.15) is 0 Å². The summed E-state index contributed by atoms with van der Waals surface area (Å²) in [6, 6.07) is 0. The Labute approximate surface area is 81.4 Å². The minimum atomic E-state index is -0.00506. The SMILES string of the molecule is C#CC(=O)C1CCC(PCN)CC1. The summed E-state index contributed by atoms with van der Waals surface area (Å²) in [5, 5.41) is 0. The third-order valence-electron chi connectivity index (χ3n) is 2.65. The number of Topliss-reactive ketones (excluding diaryl/α,β-unsaturated/α-hetero) is 1. The van der Waals surface area contributed by atoms with E-state index in [9.17, 15) is 4.79 Å². The predicted octanol–water partition coefficient (Wildman–Crippen LogP) is 1.34. The number of hydrogen-bond acceptors (Lipinski definition) is 2. The average Bonchev–Trinajstić information content (AvgIpc) is 2.18. The molecule has 1 fully saturated rings. The Morgan fingerprint density at radius 1 is 1.46 bits per heavy atom. The first-order valence-electron chi connectivity index (χ1n) is 4.71. The molecule has 0 aromatic carbocycles. The first-order valence-corrected chi connectivity index (χ1v) is 6.00. The number of hydrogen-bond donors (Lipinski definition) is 1. The van der Waals surface area contributed by atoms with Crippen molar-refractivity contribution in [3.05, 3.63) is 0 Å². The molecule has 72 valence electrons. The fourth-order valence-corrected chi connectivity index (χ4v) is 2.92. The first kappa shape index (κ1) is 10.7. The molecular weight excluding hydrogens is 181 g/mol. The van der Waals surface area contributed by atoms with Crippen molar-refractivity contribution in [3.63, 3.8) is 0 Å². The number of carbonyl (C=O) groups is 1. The monoisotopic (exact) mass is 197 g/mol. The Morgan fingerprint density at radius 2 is 2.08 bits per heavy atom. The molecule has 3 heteroatoms. The lowest BCUT2D eigenvalue weighted by Crippen LogP contribution is -2.22. The van der Waals surface area contributed by atoms with E-state index in [2.05, 4.69) is 5.92 Å². The number of ketones is 1. The van der Waals surface area contributed by atoms with Crippen LogP contribution < -0.4 is 5.73 Å². The van der Waals surface area contributed by atoms with Crippen molar-refractivity contribution in [3.8, 4) is 12.3 Å². The van der Waals surface area contributed by atoms with Crippen LogP contribution in [0.25, 0.3) is 0 Å². The van der Waals surface area contributed by atoms with Crippen LogP contribution in [0.4, 0.5) is 0 Å². The zero-order valence-electron chi connectivity index (χ0n) is 7.75. The van der Waals surface area contributed by atoms with E-state index in [4.69, 9.17) is 12.2 Å². The van der Waals surface area contributed by atoms with Crippen molar-refractivity contribution >= 4 is 14.4 Å². The predicted molar refractivity (Wildman–Crippen MR) is 57.0 cm³/mol. The molecule has 1 rings (SSSR count). The molecule has 1 aliphatic carbocycles. The van der Waals surface area contributed by atoms with Gasteiger partial charge in [-0.15, -0.1) is 15.0 Å². The van der Waals surface area contributed by atoms with E-state index in [0.717, 1.165) is 46.2 Å². The Hall–Kier alpha value is -0.380. The highest BCUT2D eigenvalue weighted by Crippen LogP contribution is 2.34. The van der Waals surface area contributed by atoms with Gasteiger partial charge in [-0.25, -0.2) is 0 Å². The molecule has 2 N–H and O–H groups in total. The lowest BCUT2D eigenvalue weighted by Gasteiger charge is -2.25. The van der Waals surface area contributed by atoms with Crippen LogP contribution in [0.2, 0.25) is 0 Å². The van der Waals surface area contributed by atoms with Crippen molar-refractivity contribution in [2.75, 3.05) is 6.29 Å². The molecule has 0 bridgehead atoms. The molecule has 0 heterocycles. The first-order chi connectivity index (χ1) is 6.27. The lowest BCUT2D eigenvalue weighted by atomic mass is 9.86. The fraction of sp³-hybridized carbons (Fsp3) is 0.700. The molecular formula is C10H16NOP. The van der Waals surface area contributed by atoms with Crippen molar-refractivity contribution < 1.29 is 4.79 Å². The molecule has 0 amide bonds. The Bertz CT molecular complexity index is 213. The second-order valence-corrected chi connectivity index (χ2v) is 5.10. The van der Waals surface area contributed by atoms with Gasteiger partial charge in [0.2, 0.25) is 5.78 Å². The number of terminal acetylenes is 1. The van der Waals surface area contributed by atoms with E-state index < -0.39 is 0 Å². The van der Waals surface area contributed by atoms with Gasteiger partial charge in [0.15, 0.2) is 0 Å². The highest BCUT2D eigenvalue weighted by molar-refractivity contribution is 7.38. The molecule has 1 atom stereocenters. The highest BCUT2D eigenvalue weighted by Gasteiger charge is 2.24. The van der Waals surface area contributed by atoms with Crippen LogP contribution >= 0.6 is 8.58 Å². The van der Waals surface area contributed by atoms with Crippen LogP contribution in [0.15, 0.2) is 0 Å². The molecule has 1 saturated carbocycles. The van der Waals surface area contributed by atoms with Gasteiger partial charge in [-0.2, -0.15) is 0 Å². The highest BCUT2D eigenvalue weighted by atomic mass is 31.1. The third kappa shape index (κ3) is 3.10. The van der Waals surface area contributed by atoms with Crippen LogP contribution in [-0.2, 0) is 4.79 Å². The van der Waals surface area contributed by atoms with Crippen LogP contribution in [0.3, 0.4) is 0 Å². The van der Waals surface area contributed by atoms with Gasteiger partial charge in [0.25, 0.3) is 0 Å². The largest absolute Gasteiger partial charge is 0.327 e. The van der Waals surface area contributed by atoms with Gasteiger partial charge >= 0.3 is 0 Å². The van der Waals surface area contributed by atoms with Gasteiger partial charge in [-0.05, 0) is 37.3 Å². The zero-order valence-corrected chi connectivity index (χ0v) is 8.75. The van der Waals surface area contributed by atoms with Crippen molar-refractivity contribution in [2.24, 2.45) is 11.7 Å². The number of nitrogens with two attached hydrogens (primary N) is 1. The molecule has 0 radical (unpaired) electrons. The van der Waals surface area contributed by atoms with Crippen molar-refractivity contribution in [1.29, 1.82) is 0 Å². The summed E-state index contributed by atoms with van der Waals surface area (Å²) in [5.74, 6) is 2.36. The Kier molecular flexibility index (Phi) is 4.42. The maximum absolute atomic E-state index is 11.2. The second kappa shape index (κ2) is 5.37. The number of carbonyl (C=O) groups excluding carboxylic acids is 1. The molecule has 13 heavy (non-hydrogen) atoms. The molecule has 0 saturated heterocycles. The van der Waals surface area contributed by atoms with Gasteiger partial charge < -0.3 is 5.73 Å². The van der Waals surface area contributed by atoms with Crippen LogP contribution in [0.1, 0.15) is 25.7 Å². The third-order valence-corrected chi connectivity index (χ3v) is 4.04. The van der Waals surface area contributed by atoms with Gasteiger partial charge in [-0.3, -0.25) is 4.79 Å². The molecule has 2 nitrogen and oxygen atoms in total. The van der Waals surface area contributed by atoms with Gasteiger partial charge in [0, 0.05) is 12.2 Å². The van der Waals surface area contributed by atoms with E-state index in [1.165, 1.54) is 0 Å². The quantitative estimate of drug-likeness (QED) is 0.421. The molecule has 0 aromatic rings. The lowest BCUT2D eigenvalue weighted by molar-refractivity contribution is -0.118. The summed E-state index contributed by atoms with van der Waals surface area (Å²) in [7, 11) is 0.863. The fourth-order valence-electron chi connectivity index (χ4n) is 1.84. The minimum absolute atomic E-state index is 0.00506. The molecule has 0 aromatic heterocycles. The van der Waals surface area contributed by atoms with E-state index in [1.807, 2.05) is 0 Å². The molecule has 0 spiro atoms. The maximum atomic E-state index is 11.2. The van der Waals surface area contributed by atoms with E-state index in [-0.39, 0.29) is 11.7 Å². The van der Waals surface area contributed by atoms with Gasteiger partial charge in [-0.1, -0.05) is 0 Å². The topological polar surface area (TPSA) is 43.1 Å². The second-order valence-electron chi connectivity index (χ2n) is 3.47. The van der Waals surface area contributed by atoms with Crippen LogP contribution in [0.5, 0.6) is 0 Å². The van der Waals surface area contributed by atoms with Crippen molar-refractivity contribution in [2.45, 2.75) is 31.3 Å². The van der Waals surface area contributed by atoms with Crippen LogP contribution in [-0.4, -0.2) is 17.7 Å². The van der Waals surface area contributed by atoms with Gasteiger partial charge in [0.05, 0.1) is 0 Å².